The summed E-state index contributed by atoms with van der Waals surface area (Å²) in [5, 5.41) is 0. The van der Waals surface area contributed by atoms with Gasteiger partial charge in [0.15, 0.2) is 0 Å². The van der Waals surface area contributed by atoms with Crippen molar-refractivity contribution >= 4 is 12.0 Å². The maximum atomic E-state index is 12.0. The zero-order chi connectivity index (χ0) is 20.2. The Morgan fingerprint density at radius 3 is 2.62 bits per heavy atom. The average Bonchev–Trinajstić information content (AvgIpc) is 2.94. The Morgan fingerprint density at radius 2 is 1.83 bits per heavy atom. The van der Waals surface area contributed by atoms with Crippen LogP contribution in [0.15, 0.2) is 54.1 Å². The van der Waals surface area contributed by atoms with Gasteiger partial charge in [-0.3, -0.25) is 9.69 Å². The van der Waals surface area contributed by atoms with Crippen molar-refractivity contribution in [2.75, 3.05) is 20.3 Å². The van der Waals surface area contributed by atoms with Crippen LogP contribution < -0.4 is 10.5 Å². The molecule has 0 spiro atoms. The second kappa shape index (κ2) is 8.80. The van der Waals surface area contributed by atoms with Gasteiger partial charge in [0.05, 0.1) is 0 Å². The van der Waals surface area contributed by atoms with Gasteiger partial charge in [0.2, 0.25) is 5.91 Å². The maximum absolute atomic E-state index is 12.0. The summed E-state index contributed by atoms with van der Waals surface area (Å²) in [6.07, 6.45) is 4.18. The second-order valence-corrected chi connectivity index (χ2v) is 7.84. The first kappa shape index (κ1) is 19.7. The first-order chi connectivity index (χ1) is 14.1. The van der Waals surface area contributed by atoms with E-state index in [2.05, 4.69) is 30.1 Å². The molecule has 1 amide bonds. The molecule has 2 heterocycles. The fraction of sp³-hybridized carbons (Fsp3) is 0.375. The van der Waals surface area contributed by atoms with Gasteiger partial charge in [-0.1, -0.05) is 42.5 Å². The number of amides is 1. The molecule has 5 nitrogen and oxygen atoms in total. The highest BCUT2D eigenvalue weighted by Crippen LogP contribution is 2.36. The number of para-hydroxylation sites is 1. The van der Waals surface area contributed by atoms with Crippen LogP contribution in [0, 0.1) is 0 Å². The van der Waals surface area contributed by atoms with Crippen molar-refractivity contribution in [1.82, 2.24) is 4.90 Å². The largest absolute Gasteiger partial charge is 0.485 e. The minimum atomic E-state index is -0.396. The highest BCUT2D eigenvalue weighted by Gasteiger charge is 2.26. The van der Waals surface area contributed by atoms with E-state index >= 15 is 0 Å². The van der Waals surface area contributed by atoms with Crippen molar-refractivity contribution in [2.45, 2.75) is 38.0 Å². The number of hydrogen-bond acceptors (Lipinski definition) is 4. The monoisotopic (exact) mass is 392 g/mol. The molecule has 1 unspecified atom stereocenters. The smallest absolute Gasteiger partial charge is 0.244 e. The summed E-state index contributed by atoms with van der Waals surface area (Å²) in [5.74, 6) is 0.383. The van der Waals surface area contributed by atoms with Gasteiger partial charge in [-0.25, -0.2) is 0 Å². The molecule has 0 saturated carbocycles. The quantitative estimate of drug-likeness (QED) is 0.843. The summed E-state index contributed by atoms with van der Waals surface area (Å²) in [6.45, 7) is 2.48. The topological polar surface area (TPSA) is 64.8 Å². The predicted molar refractivity (Wildman–Crippen MR) is 113 cm³/mol. The Balaban J connectivity index is 1.62. The van der Waals surface area contributed by atoms with Crippen molar-refractivity contribution in [3.8, 4) is 5.75 Å². The third-order valence-corrected chi connectivity index (χ3v) is 5.88. The van der Waals surface area contributed by atoms with Gasteiger partial charge in [0, 0.05) is 43.4 Å². The van der Waals surface area contributed by atoms with E-state index in [9.17, 15) is 4.79 Å². The zero-order valence-electron chi connectivity index (χ0n) is 16.8. The third-order valence-electron chi connectivity index (χ3n) is 5.88. The molecule has 1 fully saturated rings. The number of nitrogens with zero attached hydrogens (tertiary/aromatic N) is 1. The lowest BCUT2D eigenvalue weighted by Crippen LogP contribution is -2.36. The van der Waals surface area contributed by atoms with Crippen LogP contribution in [0.3, 0.4) is 0 Å². The van der Waals surface area contributed by atoms with Crippen LogP contribution in [0.2, 0.25) is 0 Å². The Kier molecular flexibility index (Phi) is 5.97. The molecule has 2 aliphatic rings. The number of ether oxygens (including phenoxy) is 2. The van der Waals surface area contributed by atoms with Crippen LogP contribution in [-0.2, 0) is 16.1 Å². The summed E-state index contributed by atoms with van der Waals surface area (Å²) in [6, 6.07) is 16.6. The number of nitrogens with two attached hydrogens (primary N) is 1. The standard InChI is InChI=1S/C24H28N2O3/c1-26(20-10-12-28-13-11-20)16-18-7-2-4-8-21(18)23-15-19(24(25)27)14-17-6-3-5-9-22(17)29-23/h2-9,14,20,23H,10-13,15-16H2,1H3,(H2,25,27). The molecule has 1 atom stereocenters. The molecule has 152 valence electrons. The molecule has 0 aromatic heterocycles. The molecule has 0 radical (unpaired) electrons. The first-order valence-electron chi connectivity index (χ1n) is 10.2. The SMILES string of the molecule is CN(Cc1ccccc1C1CC(C(N)=O)=Cc2ccccc2O1)C1CCOCC1. The molecule has 2 aliphatic heterocycles. The van der Waals surface area contributed by atoms with E-state index in [0.717, 1.165) is 49.5 Å². The Hall–Kier alpha value is -2.63. The number of benzene rings is 2. The number of rotatable bonds is 5. The van der Waals surface area contributed by atoms with Gasteiger partial charge in [-0.2, -0.15) is 0 Å². The molecule has 0 bridgehead atoms. The summed E-state index contributed by atoms with van der Waals surface area (Å²) in [4.78, 5) is 14.4. The van der Waals surface area contributed by atoms with E-state index in [0.29, 0.717) is 18.0 Å². The van der Waals surface area contributed by atoms with E-state index in [1.54, 1.807) is 0 Å². The fourth-order valence-corrected chi connectivity index (χ4v) is 4.21. The molecular weight excluding hydrogens is 364 g/mol. The lowest BCUT2D eigenvalue weighted by Gasteiger charge is -2.32. The molecule has 0 aliphatic carbocycles. The van der Waals surface area contributed by atoms with Gasteiger partial charge in [-0.05, 0) is 43.2 Å². The molecule has 1 saturated heterocycles. The summed E-state index contributed by atoms with van der Waals surface area (Å²) < 4.78 is 11.9. The molecule has 2 N–H and O–H groups in total. The van der Waals surface area contributed by atoms with Gasteiger partial charge in [0.1, 0.15) is 11.9 Å². The lowest BCUT2D eigenvalue weighted by atomic mass is 9.95. The number of fused-ring (bicyclic) bond motifs is 1. The second-order valence-electron chi connectivity index (χ2n) is 7.84. The van der Waals surface area contributed by atoms with Crippen LogP contribution >= 0.6 is 0 Å². The molecule has 4 rings (SSSR count). The number of primary amides is 1. The van der Waals surface area contributed by atoms with E-state index in [1.807, 2.05) is 36.4 Å². The molecule has 5 heteroatoms. The Bertz CT molecular complexity index is 903. The molecule has 2 aromatic carbocycles. The maximum Gasteiger partial charge on any atom is 0.244 e. The van der Waals surface area contributed by atoms with Crippen LogP contribution in [0.5, 0.6) is 5.75 Å². The molecular formula is C24H28N2O3. The first-order valence-corrected chi connectivity index (χ1v) is 10.2. The van der Waals surface area contributed by atoms with Crippen LogP contribution in [-0.4, -0.2) is 37.1 Å². The predicted octanol–water partition coefficient (Wildman–Crippen LogP) is 3.69. The summed E-state index contributed by atoms with van der Waals surface area (Å²) >= 11 is 0. The van der Waals surface area contributed by atoms with E-state index in [1.165, 1.54) is 5.56 Å². The molecule has 29 heavy (non-hydrogen) atoms. The van der Waals surface area contributed by atoms with Gasteiger partial charge in [0.25, 0.3) is 0 Å². The highest BCUT2D eigenvalue weighted by molar-refractivity contribution is 5.97. The van der Waals surface area contributed by atoms with Crippen molar-refractivity contribution in [1.29, 1.82) is 0 Å². The Morgan fingerprint density at radius 1 is 1.10 bits per heavy atom. The van der Waals surface area contributed by atoms with Crippen LogP contribution in [0.25, 0.3) is 6.08 Å². The normalized spacial score (nSPS) is 19.8. The lowest BCUT2D eigenvalue weighted by molar-refractivity contribution is -0.114. The van der Waals surface area contributed by atoms with E-state index < -0.39 is 5.91 Å². The fourth-order valence-electron chi connectivity index (χ4n) is 4.21. The Labute approximate surface area is 172 Å². The van der Waals surface area contributed by atoms with E-state index in [4.69, 9.17) is 15.2 Å². The van der Waals surface area contributed by atoms with Crippen molar-refractivity contribution < 1.29 is 14.3 Å². The molecule has 2 aromatic rings. The third kappa shape index (κ3) is 4.52. The van der Waals surface area contributed by atoms with Gasteiger partial charge < -0.3 is 15.2 Å². The minimum absolute atomic E-state index is 0.253. The number of carbonyl (C=O) groups excluding carboxylic acids is 1. The zero-order valence-corrected chi connectivity index (χ0v) is 16.8. The van der Waals surface area contributed by atoms with Crippen LogP contribution in [0.4, 0.5) is 0 Å². The number of carbonyl (C=O) groups is 1. The minimum Gasteiger partial charge on any atom is -0.485 e. The van der Waals surface area contributed by atoms with Crippen molar-refractivity contribution in [2.24, 2.45) is 5.73 Å². The summed E-state index contributed by atoms with van der Waals surface area (Å²) in [7, 11) is 2.17. The number of hydrogen-bond donors (Lipinski definition) is 1. The highest BCUT2D eigenvalue weighted by atomic mass is 16.5. The van der Waals surface area contributed by atoms with Gasteiger partial charge in [-0.15, -0.1) is 0 Å². The van der Waals surface area contributed by atoms with Crippen LogP contribution in [0.1, 0.15) is 42.1 Å². The summed E-state index contributed by atoms with van der Waals surface area (Å²) in [5.41, 5.74) is 9.47. The average molecular weight is 392 g/mol. The van der Waals surface area contributed by atoms with Gasteiger partial charge >= 0.3 is 0 Å². The van der Waals surface area contributed by atoms with Crippen molar-refractivity contribution in [3.05, 3.63) is 70.8 Å². The van der Waals surface area contributed by atoms with E-state index in [-0.39, 0.29) is 6.10 Å². The van der Waals surface area contributed by atoms with Crippen molar-refractivity contribution in [3.63, 3.8) is 0 Å².